The number of hydrogen-bond donors (Lipinski definition) is 1. The fourth-order valence-electron chi connectivity index (χ4n) is 3.71. The molecule has 0 radical (unpaired) electrons. The summed E-state index contributed by atoms with van der Waals surface area (Å²) in [5.41, 5.74) is 1.97. The Balaban J connectivity index is 2.42. The zero-order chi connectivity index (χ0) is 12.8. The minimum atomic E-state index is -0.405. The average molecular weight is 236 g/mol. The number of carbonyl (C=O) groups excluding carboxylic acids is 1. The van der Waals surface area contributed by atoms with E-state index in [0.29, 0.717) is 18.3 Å². The van der Waals surface area contributed by atoms with Crippen molar-refractivity contribution in [1.29, 1.82) is 0 Å². The zero-order valence-electron chi connectivity index (χ0n) is 11.4. The van der Waals surface area contributed by atoms with E-state index in [1.54, 1.807) is 0 Å². The van der Waals surface area contributed by atoms with E-state index in [0.717, 1.165) is 30.4 Å². The Morgan fingerprint density at radius 1 is 1.35 bits per heavy atom. The second kappa shape index (κ2) is 4.24. The Hall–Kier alpha value is -0.630. The third-order valence-electron chi connectivity index (χ3n) is 4.96. The predicted octanol–water partition coefficient (Wildman–Crippen LogP) is 3.10. The van der Waals surface area contributed by atoms with E-state index in [1.165, 1.54) is 0 Å². The molecule has 0 aromatic heterocycles. The van der Waals surface area contributed by atoms with Gasteiger partial charge in [-0.15, -0.1) is 0 Å². The lowest BCUT2D eigenvalue weighted by molar-refractivity contribution is -0.117. The van der Waals surface area contributed by atoms with Crippen molar-refractivity contribution in [3.63, 3.8) is 0 Å². The van der Waals surface area contributed by atoms with Crippen molar-refractivity contribution in [3.8, 4) is 0 Å². The lowest BCUT2D eigenvalue weighted by atomic mass is 9.59. The molecule has 17 heavy (non-hydrogen) atoms. The minimum absolute atomic E-state index is 0.0722. The van der Waals surface area contributed by atoms with Gasteiger partial charge in [-0.3, -0.25) is 4.79 Å². The van der Waals surface area contributed by atoms with Crippen molar-refractivity contribution in [2.24, 2.45) is 17.3 Å². The molecule has 0 aliphatic heterocycles. The highest BCUT2D eigenvalue weighted by Crippen LogP contribution is 2.51. The van der Waals surface area contributed by atoms with Crippen LogP contribution in [0, 0.1) is 17.3 Å². The molecule has 0 amide bonds. The van der Waals surface area contributed by atoms with Crippen LogP contribution in [0.15, 0.2) is 11.1 Å². The van der Waals surface area contributed by atoms with Gasteiger partial charge < -0.3 is 5.11 Å². The van der Waals surface area contributed by atoms with Crippen LogP contribution in [-0.4, -0.2) is 17.0 Å². The first-order valence-electron chi connectivity index (χ1n) is 6.79. The van der Waals surface area contributed by atoms with Crippen molar-refractivity contribution in [3.05, 3.63) is 11.1 Å². The molecule has 2 heteroatoms. The van der Waals surface area contributed by atoms with Crippen LogP contribution in [-0.2, 0) is 4.79 Å². The van der Waals surface area contributed by atoms with Crippen LogP contribution < -0.4 is 0 Å². The van der Waals surface area contributed by atoms with E-state index in [-0.39, 0.29) is 11.2 Å². The Morgan fingerprint density at radius 2 is 2.00 bits per heavy atom. The van der Waals surface area contributed by atoms with Crippen molar-refractivity contribution in [2.75, 3.05) is 0 Å². The number of hydrogen-bond acceptors (Lipinski definition) is 2. The summed E-state index contributed by atoms with van der Waals surface area (Å²) < 4.78 is 0. The van der Waals surface area contributed by atoms with Crippen LogP contribution in [0.4, 0.5) is 0 Å². The number of allylic oxidation sites excluding steroid dienone is 1. The molecule has 2 nitrogen and oxygen atoms in total. The first-order valence-corrected chi connectivity index (χ1v) is 6.79. The smallest absolute Gasteiger partial charge is 0.158 e. The maximum atomic E-state index is 11.8. The molecule has 0 aromatic carbocycles. The molecule has 0 spiro atoms. The van der Waals surface area contributed by atoms with Gasteiger partial charge in [0.1, 0.15) is 0 Å². The monoisotopic (exact) mass is 236 g/mol. The quantitative estimate of drug-likeness (QED) is 0.759. The summed E-state index contributed by atoms with van der Waals surface area (Å²) >= 11 is 0. The van der Waals surface area contributed by atoms with Gasteiger partial charge in [0.15, 0.2) is 5.78 Å². The molecule has 0 unspecified atom stereocenters. The van der Waals surface area contributed by atoms with E-state index in [2.05, 4.69) is 20.8 Å². The SMILES string of the molecule is CC1=C2[C@H](O)[C@H](C(C)C)CC[C@@]2(C)CCC1=O. The Labute approximate surface area is 104 Å². The van der Waals surface area contributed by atoms with Gasteiger partial charge in [0.2, 0.25) is 0 Å². The Kier molecular flexibility index (Phi) is 3.19. The second-order valence-corrected chi connectivity index (χ2v) is 6.41. The molecule has 3 atom stereocenters. The molecule has 0 saturated heterocycles. The molecule has 0 heterocycles. The third kappa shape index (κ3) is 1.97. The first kappa shape index (κ1) is 12.8. The van der Waals surface area contributed by atoms with Crippen LogP contribution >= 0.6 is 0 Å². The van der Waals surface area contributed by atoms with Gasteiger partial charge in [-0.05, 0) is 54.6 Å². The van der Waals surface area contributed by atoms with E-state index < -0.39 is 6.10 Å². The van der Waals surface area contributed by atoms with E-state index in [9.17, 15) is 9.90 Å². The van der Waals surface area contributed by atoms with Crippen molar-refractivity contribution >= 4 is 5.78 Å². The molecule has 0 aromatic rings. The molecule has 2 rings (SSSR count). The first-order chi connectivity index (χ1) is 7.87. The van der Waals surface area contributed by atoms with Gasteiger partial charge in [-0.2, -0.15) is 0 Å². The standard InChI is InChI=1S/C15H24O2/c1-9(2)11-5-7-15(4)8-6-12(16)10(3)13(15)14(11)17/h9,11,14,17H,5-8H2,1-4H3/t11-,14+,15-/m0/s1. The minimum Gasteiger partial charge on any atom is -0.388 e. The van der Waals surface area contributed by atoms with Gasteiger partial charge >= 0.3 is 0 Å². The molecular weight excluding hydrogens is 212 g/mol. The molecule has 1 N–H and O–H groups in total. The summed E-state index contributed by atoms with van der Waals surface area (Å²) in [6, 6.07) is 0. The molecule has 96 valence electrons. The van der Waals surface area contributed by atoms with Crippen LogP contribution in [0.5, 0.6) is 0 Å². The Morgan fingerprint density at radius 3 is 2.59 bits per heavy atom. The highest BCUT2D eigenvalue weighted by Gasteiger charge is 2.45. The number of aliphatic hydroxyl groups is 1. The number of rotatable bonds is 1. The molecule has 2 aliphatic rings. The number of fused-ring (bicyclic) bond motifs is 1. The average Bonchev–Trinajstić information content (AvgIpc) is 2.24. The molecule has 2 aliphatic carbocycles. The predicted molar refractivity (Wildman–Crippen MR) is 68.6 cm³/mol. The summed E-state index contributed by atoms with van der Waals surface area (Å²) in [6.45, 7) is 8.45. The van der Waals surface area contributed by atoms with Crippen molar-refractivity contribution in [2.45, 2.75) is 59.5 Å². The zero-order valence-corrected chi connectivity index (χ0v) is 11.4. The molecule has 1 saturated carbocycles. The van der Waals surface area contributed by atoms with Crippen LogP contribution in [0.2, 0.25) is 0 Å². The summed E-state index contributed by atoms with van der Waals surface area (Å²) in [5, 5.41) is 10.6. The summed E-state index contributed by atoms with van der Waals surface area (Å²) in [7, 11) is 0. The molecule has 0 bridgehead atoms. The van der Waals surface area contributed by atoms with Gasteiger partial charge in [0.25, 0.3) is 0 Å². The number of carbonyl (C=O) groups is 1. The van der Waals surface area contributed by atoms with Crippen molar-refractivity contribution in [1.82, 2.24) is 0 Å². The molecular formula is C15H24O2. The fourth-order valence-corrected chi connectivity index (χ4v) is 3.71. The maximum absolute atomic E-state index is 11.8. The Bertz CT molecular complexity index is 367. The normalized spacial score (nSPS) is 38.6. The lowest BCUT2D eigenvalue weighted by Crippen LogP contribution is -2.43. The van der Waals surface area contributed by atoms with Crippen LogP contribution in [0.3, 0.4) is 0 Å². The third-order valence-corrected chi connectivity index (χ3v) is 4.96. The highest BCUT2D eigenvalue weighted by molar-refractivity contribution is 5.97. The van der Waals surface area contributed by atoms with Gasteiger partial charge in [-0.1, -0.05) is 20.8 Å². The highest BCUT2D eigenvalue weighted by atomic mass is 16.3. The number of ketones is 1. The summed E-state index contributed by atoms with van der Waals surface area (Å²) in [4.78, 5) is 11.8. The second-order valence-electron chi connectivity index (χ2n) is 6.41. The van der Waals surface area contributed by atoms with Crippen molar-refractivity contribution < 1.29 is 9.90 Å². The van der Waals surface area contributed by atoms with E-state index in [1.807, 2.05) is 6.92 Å². The van der Waals surface area contributed by atoms with Crippen LogP contribution in [0.1, 0.15) is 53.4 Å². The topological polar surface area (TPSA) is 37.3 Å². The van der Waals surface area contributed by atoms with E-state index >= 15 is 0 Å². The van der Waals surface area contributed by atoms with E-state index in [4.69, 9.17) is 0 Å². The van der Waals surface area contributed by atoms with Crippen LogP contribution in [0.25, 0.3) is 0 Å². The van der Waals surface area contributed by atoms with Gasteiger partial charge in [0, 0.05) is 6.42 Å². The van der Waals surface area contributed by atoms with Gasteiger partial charge in [-0.25, -0.2) is 0 Å². The fraction of sp³-hybridized carbons (Fsp3) is 0.800. The number of Topliss-reactive ketones (excluding diaryl/α,β-unsaturated/α-hetero) is 1. The summed E-state index contributed by atoms with van der Waals surface area (Å²) in [5.74, 6) is 1.03. The van der Waals surface area contributed by atoms with Gasteiger partial charge in [0.05, 0.1) is 6.10 Å². The molecule has 1 fully saturated rings. The number of aliphatic hydroxyl groups excluding tert-OH is 1. The maximum Gasteiger partial charge on any atom is 0.158 e. The largest absolute Gasteiger partial charge is 0.388 e. The lowest BCUT2D eigenvalue weighted by Gasteiger charge is -2.47. The summed E-state index contributed by atoms with van der Waals surface area (Å²) in [6.07, 6.45) is 3.37.